The molecule has 0 fully saturated rings. The number of hydrogen-bond donors (Lipinski definition) is 2. The first-order valence-electron chi connectivity index (χ1n) is 7.79. The molecule has 2 N–H and O–H groups in total. The molecule has 25 heavy (non-hydrogen) atoms. The quantitative estimate of drug-likeness (QED) is 0.798. The molecule has 0 radical (unpaired) electrons. The molecule has 2 aromatic rings. The van der Waals surface area contributed by atoms with E-state index in [0.29, 0.717) is 11.5 Å². The number of carbonyl (C=O) groups excluding carboxylic acids is 1. The third-order valence-electron chi connectivity index (χ3n) is 3.47. The van der Waals surface area contributed by atoms with Crippen LogP contribution < -0.4 is 14.8 Å². The smallest absolute Gasteiger partial charge is 0.338 e. The highest BCUT2D eigenvalue weighted by Crippen LogP contribution is 2.31. The number of nitrogens with one attached hydrogen (secondary N) is 1. The van der Waals surface area contributed by atoms with Gasteiger partial charge in [0, 0.05) is 6.07 Å². The van der Waals surface area contributed by atoms with Gasteiger partial charge in [0.05, 0.1) is 24.8 Å². The molecule has 1 heterocycles. The van der Waals surface area contributed by atoms with Gasteiger partial charge >= 0.3 is 5.97 Å². The molecule has 0 saturated carbocycles. The molecule has 2 rings (SSSR count). The third-order valence-corrected chi connectivity index (χ3v) is 3.47. The molecular formula is C18H21NO6. The Bertz CT molecular complexity index is 765. The van der Waals surface area contributed by atoms with Crippen molar-refractivity contribution in [1.82, 2.24) is 5.32 Å². The lowest BCUT2D eigenvalue weighted by Gasteiger charge is -2.18. The highest BCUT2D eigenvalue weighted by Gasteiger charge is 2.18. The van der Waals surface area contributed by atoms with Gasteiger partial charge in [-0.15, -0.1) is 0 Å². The molecular weight excluding hydrogens is 326 g/mol. The Morgan fingerprint density at radius 3 is 2.44 bits per heavy atom. The summed E-state index contributed by atoms with van der Waals surface area (Å²) in [4.78, 5) is 23.0. The van der Waals surface area contributed by atoms with E-state index in [1.54, 1.807) is 26.2 Å². The first-order valence-corrected chi connectivity index (χ1v) is 7.79. The maximum Gasteiger partial charge on any atom is 0.338 e. The van der Waals surface area contributed by atoms with E-state index in [1.165, 1.54) is 6.07 Å². The lowest BCUT2D eigenvalue weighted by molar-refractivity contribution is 0.0695. The highest BCUT2D eigenvalue weighted by molar-refractivity contribution is 5.95. The van der Waals surface area contributed by atoms with E-state index >= 15 is 0 Å². The Balaban J connectivity index is 2.12. The standard InChI is InChI=1S/C18H21NO6/c1-10(2)25-14-6-5-12(7-15(14)23-4)11(3)19-17(20)16-8-13(9-24-16)18(21)22/h5-11H,1-4H3,(H,19,20)(H,21,22). The van der Waals surface area contributed by atoms with Crippen LogP contribution in [-0.4, -0.2) is 30.2 Å². The Kier molecular flexibility index (Phi) is 5.69. The summed E-state index contributed by atoms with van der Waals surface area (Å²) in [7, 11) is 1.55. The minimum atomic E-state index is -1.15. The van der Waals surface area contributed by atoms with Crippen LogP contribution in [0.3, 0.4) is 0 Å². The van der Waals surface area contributed by atoms with Crippen molar-refractivity contribution in [2.24, 2.45) is 0 Å². The predicted octanol–water partition coefficient (Wildman–Crippen LogP) is 3.26. The van der Waals surface area contributed by atoms with Crippen molar-refractivity contribution in [1.29, 1.82) is 0 Å². The van der Waals surface area contributed by atoms with Crippen LogP contribution in [0.4, 0.5) is 0 Å². The Labute approximate surface area is 145 Å². The van der Waals surface area contributed by atoms with Crippen LogP contribution >= 0.6 is 0 Å². The monoisotopic (exact) mass is 347 g/mol. The second-order valence-electron chi connectivity index (χ2n) is 5.78. The van der Waals surface area contributed by atoms with Gasteiger partial charge in [-0.25, -0.2) is 4.79 Å². The summed E-state index contributed by atoms with van der Waals surface area (Å²) in [5.74, 6) is -0.519. The van der Waals surface area contributed by atoms with Crippen molar-refractivity contribution < 1.29 is 28.6 Å². The molecule has 0 aliphatic carbocycles. The minimum absolute atomic E-state index is 0.0132. The van der Waals surface area contributed by atoms with Gasteiger partial charge in [0.2, 0.25) is 0 Å². The van der Waals surface area contributed by atoms with E-state index in [4.69, 9.17) is 19.0 Å². The summed E-state index contributed by atoms with van der Waals surface area (Å²) in [6.45, 7) is 5.65. The summed E-state index contributed by atoms with van der Waals surface area (Å²) in [6, 6.07) is 6.24. The summed E-state index contributed by atoms with van der Waals surface area (Å²) in [5.41, 5.74) is 0.737. The summed E-state index contributed by atoms with van der Waals surface area (Å²) in [6.07, 6.45) is 1.04. The SMILES string of the molecule is COc1cc(C(C)NC(=O)c2cc(C(=O)O)co2)ccc1OC(C)C. The number of rotatable bonds is 7. The van der Waals surface area contributed by atoms with E-state index in [2.05, 4.69) is 5.32 Å². The van der Waals surface area contributed by atoms with Crippen LogP contribution in [-0.2, 0) is 0 Å². The highest BCUT2D eigenvalue weighted by atomic mass is 16.5. The molecule has 1 aromatic carbocycles. The summed E-state index contributed by atoms with van der Waals surface area (Å²) < 4.78 is 16.0. The van der Waals surface area contributed by atoms with Gasteiger partial charge in [-0.3, -0.25) is 4.79 Å². The molecule has 0 aliphatic heterocycles. The number of carboxylic acid groups (broad SMARTS) is 1. The third kappa shape index (κ3) is 4.53. The normalized spacial score (nSPS) is 11.9. The van der Waals surface area contributed by atoms with Gasteiger partial charge in [-0.2, -0.15) is 0 Å². The molecule has 0 saturated heterocycles. The zero-order valence-corrected chi connectivity index (χ0v) is 14.5. The van der Waals surface area contributed by atoms with Gasteiger partial charge in [0.15, 0.2) is 17.3 Å². The molecule has 0 bridgehead atoms. The summed E-state index contributed by atoms with van der Waals surface area (Å²) in [5, 5.41) is 11.6. The average Bonchev–Trinajstić information content (AvgIpc) is 3.05. The number of carbonyl (C=O) groups is 2. The molecule has 0 spiro atoms. The fraction of sp³-hybridized carbons (Fsp3) is 0.333. The van der Waals surface area contributed by atoms with Crippen LogP contribution in [0.5, 0.6) is 11.5 Å². The van der Waals surface area contributed by atoms with Crippen LogP contribution in [0.25, 0.3) is 0 Å². The molecule has 1 amide bonds. The molecule has 134 valence electrons. The van der Waals surface area contributed by atoms with Crippen molar-refractivity contribution in [3.8, 4) is 11.5 Å². The molecule has 7 nitrogen and oxygen atoms in total. The number of benzene rings is 1. The Morgan fingerprint density at radius 1 is 1.16 bits per heavy atom. The number of methoxy groups -OCH3 is 1. The van der Waals surface area contributed by atoms with E-state index < -0.39 is 11.9 Å². The van der Waals surface area contributed by atoms with E-state index in [0.717, 1.165) is 11.8 Å². The minimum Gasteiger partial charge on any atom is -0.493 e. The number of ether oxygens (including phenoxy) is 2. The topological polar surface area (TPSA) is 98.0 Å². The Morgan fingerprint density at radius 2 is 1.88 bits per heavy atom. The van der Waals surface area contributed by atoms with Crippen LogP contribution in [0, 0.1) is 0 Å². The lowest BCUT2D eigenvalue weighted by Crippen LogP contribution is -2.26. The molecule has 7 heteroatoms. The fourth-order valence-corrected chi connectivity index (χ4v) is 2.22. The summed E-state index contributed by atoms with van der Waals surface area (Å²) >= 11 is 0. The van der Waals surface area contributed by atoms with Gasteiger partial charge in [0.25, 0.3) is 5.91 Å². The lowest BCUT2D eigenvalue weighted by atomic mass is 10.1. The van der Waals surface area contributed by atoms with Crippen molar-refractivity contribution in [2.75, 3.05) is 7.11 Å². The molecule has 1 unspecified atom stereocenters. The van der Waals surface area contributed by atoms with Crippen LogP contribution in [0.15, 0.2) is 34.9 Å². The number of furan rings is 1. The predicted molar refractivity (Wildman–Crippen MR) is 90.3 cm³/mol. The first-order chi connectivity index (χ1) is 11.8. The maximum absolute atomic E-state index is 12.2. The van der Waals surface area contributed by atoms with E-state index in [-0.39, 0.29) is 23.5 Å². The second-order valence-corrected chi connectivity index (χ2v) is 5.78. The van der Waals surface area contributed by atoms with E-state index in [9.17, 15) is 9.59 Å². The largest absolute Gasteiger partial charge is 0.493 e. The van der Waals surface area contributed by atoms with Crippen LogP contribution in [0.2, 0.25) is 0 Å². The Hall–Kier alpha value is -2.96. The number of carboxylic acids is 1. The number of hydrogen-bond acceptors (Lipinski definition) is 5. The van der Waals surface area contributed by atoms with Gasteiger partial charge in [-0.1, -0.05) is 6.07 Å². The van der Waals surface area contributed by atoms with Crippen molar-refractivity contribution in [3.05, 3.63) is 47.4 Å². The van der Waals surface area contributed by atoms with Crippen molar-refractivity contribution in [2.45, 2.75) is 32.9 Å². The first kappa shape index (κ1) is 18.4. The molecule has 1 atom stereocenters. The van der Waals surface area contributed by atoms with Crippen molar-refractivity contribution >= 4 is 11.9 Å². The molecule has 1 aromatic heterocycles. The van der Waals surface area contributed by atoms with Crippen LogP contribution in [0.1, 0.15) is 53.3 Å². The zero-order chi connectivity index (χ0) is 18.6. The average molecular weight is 347 g/mol. The van der Waals surface area contributed by atoms with Crippen molar-refractivity contribution in [3.63, 3.8) is 0 Å². The maximum atomic E-state index is 12.2. The van der Waals surface area contributed by atoms with Gasteiger partial charge in [-0.05, 0) is 38.5 Å². The number of aromatic carboxylic acids is 1. The fourth-order valence-electron chi connectivity index (χ4n) is 2.22. The van der Waals surface area contributed by atoms with Gasteiger partial charge < -0.3 is 24.3 Å². The van der Waals surface area contributed by atoms with E-state index in [1.807, 2.05) is 19.9 Å². The zero-order valence-electron chi connectivity index (χ0n) is 14.5. The molecule has 0 aliphatic rings. The number of amides is 1. The second kappa shape index (κ2) is 7.74. The van der Waals surface area contributed by atoms with Gasteiger partial charge in [0.1, 0.15) is 6.26 Å².